The first kappa shape index (κ1) is 22.5. The number of nitrogens with zero attached hydrogens (tertiary/aromatic N) is 2. The van der Waals surface area contributed by atoms with Crippen LogP contribution in [0.2, 0.25) is 0 Å². The Balaban J connectivity index is 1.47. The smallest absolute Gasteiger partial charge is 0.261 e. The van der Waals surface area contributed by atoms with Gasteiger partial charge in [0.25, 0.3) is 10.0 Å². The van der Waals surface area contributed by atoms with Crippen molar-refractivity contribution in [2.75, 3.05) is 16.2 Å². The average molecular weight is 464 g/mol. The SMILES string of the molecule is N#Cc1ccc(CCC(=O)N2CCCc3cc(NS(=O)(=O)c4ccccc4)ccc32)cc1F. The fourth-order valence-corrected chi connectivity index (χ4v) is 4.99. The fraction of sp³-hybridized carbons (Fsp3) is 0.200. The molecule has 0 saturated carbocycles. The number of anilines is 2. The van der Waals surface area contributed by atoms with Gasteiger partial charge in [0.1, 0.15) is 11.9 Å². The Kier molecular flexibility index (Phi) is 6.43. The second-order valence-corrected chi connectivity index (χ2v) is 9.52. The number of nitriles is 1. The lowest BCUT2D eigenvalue weighted by molar-refractivity contribution is -0.118. The van der Waals surface area contributed by atoms with Crippen molar-refractivity contribution in [3.63, 3.8) is 0 Å². The van der Waals surface area contributed by atoms with E-state index in [0.29, 0.717) is 24.2 Å². The van der Waals surface area contributed by atoms with E-state index in [1.165, 1.54) is 24.3 Å². The normalized spacial score (nSPS) is 13.2. The summed E-state index contributed by atoms with van der Waals surface area (Å²) in [6, 6.07) is 19.5. The summed E-state index contributed by atoms with van der Waals surface area (Å²) in [5.41, 5.74) is 2.74. The maximum Gasteiger partial charge on any atom is 0.261 e. The zero-order valence-corrected chi connectivity index (χ0v) is 18.6. The minimum Gasteiger partial charge on any atom is -0.312 e. The number of hydrogen-bond donors (Lipinski definition) is 1. The van der Waals surface area contributed by atoms with Gasteiger partial charge in [0, 0.05) is 24.3 Å². The predicted octanol–water partition coefficient (Wildman–Crippen LogP) is 4.41. The molecule has 0 bridgehead atoms. The molecule has 0 atom stereocenters. The Morgan fingerprint density at radius 1 is 1.09 bits per heavy atom. The van der Waals surface area contributed by atoms with Gasteiger partial charge in [-0.2, -0.15) is 5.26 Å². The Labute approximate surface area is 192 Å². The lowest BCUT2D eigenvalue weighted by Crippen LogP contribution is -2.35. The molecule has 1 N–H and O–H groups in total. The summed E-state index contributed by atoms with van der Waals surface area (Å²) in [5, 5.41) is 8.84. The lowest BCUT2D eigenvalue weighted by Gasteiger charge is -2.30. The van der Waals surface area contributed by atoms with Crippen LogP contribution in [-0.4, -0.2) is 20.9 Å². The van der Waals surface area contributed by atoms with E-state index in [-0.39, 0.29) is 22.8 Å². The van der Waals surface area contributed by atoms with Crippen LogP contribution in [0.25, 0.3) is 0 Å². The van der Waals surface area contributed by atoms with E-state index in [1.54, 1.807) is 53.4 Å². The van der Waals surface area contributed by atoms with E-state index < -0.39 is 15.8 Å². The highest BCUT2D eigenvalue weighted by Gasteiger charge is 2.23. The number of hydrogen-bond acceptors (Lipinski definition) is 4. The van der Waals surface area contributed by atoms with Crippen LogP contribution in [0.3, 0.4) is 0 Å². The Morgan fingerprint density at radius 2 is 1.88 bits per heavy atom. The Morgan fingerprint density at radius 3 is 2.61 bits per heavy atom. The second kappa shape index (κ2) is 9.43. The van der Waals surface area contributed by atoms with Crippen molar-refractivity contribution < 1.29 is 17.6 Å². The molecule has 8 heteroatoms. The molecule has 0 spiro atoms. The van der Waals surface area contributed by atoms with Gasteiger partial charge in [-0.25, -0.2) is 12.8 Å². The minimum atomic E-state index is -3.70. The highest BCUT2D eigenvalue weighted by Crippen LogP contribution is 2.31. The van der Waals surface area contributed by atoms with Crippen molar-refractivity contribution in [3.8, 4) is 6.07 Å². The predicted molar refractivity (Wildman–Crippen MR) is 124 cm³/mol. The first-order valence-corrected chi connectivity index (χ1v) is 12.1. The summed E-state index contributed by atoms with van der Waals surface area (Å²) in [4.78, 5) is 14.8. The molecule has 6 nitrogen and oxygen atoms in total. The quantitative estimate of drug-likeness (QED) is 0.586. The molecule has 0 fully saturated rings. The third-order valence-electron chi connectivity index (χ3n) is 5.59. The van der Waals surface area contributed by atoms with Crippen molar-refractivity contribution in [3.05, 3.63) is 89.2 Å². The molecule has 0 radical (unpaired) electrons. The minimum absolute atomic E-state index is 0.0197. The molecule has 3 aromatic carbocycles. The van der Waals surface area contributed by atoms with Gasteiger partial charge in [-0.3, -0.25) is 9.52 Å². The molecule has 1 heterocycles. The van der Waals surface area contributed by atoms with Crippen LogP contribution in [0.1, 0.15) is 29.5 Å². The van der Waals surface area contributed by atoms with E-state index in [2.05, 4.69) is 4.72 Å². The summed E-state index contributed by atoms with van der Waals surface area (Å²) < 4.78 is 41.6. The second-order valence-electron chi connectivity index (χ2n) is 7.84. The number of rotatable bonds is 6. The van der Waals surface area contributed by atoms with Crippen LogP contribution in [0.15, 0.2) is 71.6 Å². The standard InChI is InChI=1S/C25H22FN3O3S/c26-23-15-18(8-10-20(23)17-27)9-13-25(30)29-14-4-5-19-16-21(11-12-24(19)29)28-33(31,32)22-6-2-1-3-7-22/h1-3,6-8,10-12,15-16,28H,4-5,9,13-14H2. The highest BCUT2D eigenvalue weighted by atomic mass is 32.2. The molecule has 1 amide bonds. The summed E-state index contributed by atoms with van der Waals surface area (Å²) >= 11 is 0. The van der Waals surface area contributed by atoms with Crippen molar-refractivity contribution in [2.45, 2.75) is 30.6 Å². The number of benzene rings is 3. The van der Waals surface area contributed by atoms with Gasteiger partial charge >= 0.3 is 0 Å². The number of sulfonamides is 1. The van der Waals surface area contributed by atoms with Gasteiger partial charge < -0.3 is 4.90 Å². The number of carbonyl (C=O) groups excluding carboxylic acids is 1. The molecule has 4 rings (SSSR count). The van der Waals surface area contributed by atoms with Crippen molar-refractivity contribution in [2.24, 2.45) is 0 Å². The molecule has 1 aliphatic rings. The number of halogens is 1. The zero-order valence-electron chi connectivity index (χ0n) is 17.8. The molecule has 0 aromatic heterocycles. The molecule has 0 unspecified atom stereocenters. The summed E-state index contributed by atoms with van der Waals surface area (Å²) in [5.74, 6) is -0.672. The lowest BCUT2D eigenvalue weighted by atomic mass is 10.00. The molecule has 3 aromatic rings. The van der Waals surface area contributed by atoms with E-state index in [9.17, 15) is 17.6 Å². The van der Waals surface area contributed by atoms with Crippen molar-refractivity contribution in [1.82, 2.24) is 0 Å². The first-order valence-electron chi connectivity index (χ1n) is 10.6. The number of carbonyl (C=O) groups is 1. The van der Waals surface area contributed by atoms with E-state index in [0.717, 1.165) is 24.1 Å². The highest BCUT2D eigenvalue weighted by molar-refractivity contribution is 7.92. The molecular formula is C25H22FN3O3S. The molecule has 0 aliphatic carbocycles. The summed E-state index contributed by atoms with van der Waals surface area (Å²) in [6.45, 7) is 0.572. The number of amides is 1. The van der Waals surface area contributed by atoms with Crippen LogP contribution in [0, 0.1) is 17.1 Å². The van der Waals surface area contributed by atoms with Crippen LogP contribution in [-0.2, 0) is 27.7 Å². The summed E-state index contributed by atoms with van der Waals surface area (Å²) in [6.07, 6.45) is 2.06. The van der Waals surface area contributed by atoms with Crippen LogP contribution in [0.4, 0.5) is 15.8 Å². The largest absolute Gasteiger partial charge is 0.312 e. The van der Waals surface area contributed by atoms with Crippen LogP contribution in [0.5, 0.6) is 0 Å². The van der Waals surface area contributed by atoms with Gasteiger partial charge in [0.2, 0.25) is 5.91 Å². The van der Waals surface area contributed by atoms with E-state index in [1.807, 2.05) is 0 Å². The van der Waals surface area contributed by atoms with Crippen molar-refractivity contribution in [1.29, 1.82) is 5.26 Å². The number of fused-ring (bicyclic) bond motifs is 1. The van der Waals surface area contributed by atoms with Crippen LogP contribution < -0.4 is 9.62 Å². The van der Waals surface area contributed by atoms with Crippen LogP contribution >= 0.6 is 0 Å². The third kappa shape index (κ3) is 5.04. The van der Waals surface area contributed by atoms with E-state index >= 15 is 0 Å². The van der Waals surface area contributed by atoms with Gasteiger partial charge in [0.05, 0.1) is 10.5 Å². The zero-order chi connectivity index (χ0) is 23.4. The molecule has 1 aliphatic heterocycles. The maximum atomic E-state index is 13.8. The number of aryl methyl sites for hydroxylation is 2. The van der Waals surface area contributed by atoms with Gasteiger partial charge in [-0.15, -0.1) is 0 Å². The fourth-order valence-electron chi connectivity index (χ4n) is 3.92. The Bertz CT molecular complexity index is 1330. The molecule has 168 valence electrons. The molecular weight excluding hydrogens is 441 g/mol. The average Bonchev–Trinajstić information content (AvgIpc) is 2.82. The number of nitrogens with one attached hydrogen (secondary N) is 1. The van der Waals surface area contributed by atoms with Gasteiger partial charge in [0.15, 0.2) is 0 Å². The molecule has 0 saturated heterocycles. The topological polar surface area (TPSA) is 90.3 Å². The van der Waals surface area contributed by atoms with Crippen molar-refractivity contribution >= 4 is 27.3 Å². The van der Waals surface area contributed by atoms with Gasteiger partial charge in [-0.1, -0.05) is 24.3 Å². The Hall–Kier alpha value is -3.70. The molecule has 33 heavy (non-hydrogen) atoms. The summed E-state index contributed by atoms with van der Waals surface area (Å²) in [7, 11) is -3.70. The first-order chi connectivity index (χ1) is 15.9. The van der Waals surface area contributed by atoms with Gasteiger partial charge in [-0.05, 0) is 72.9 Å². The third-order valence-corrected chi connectivity index (χ3v) is 6.98. The maximum absolute atomic E-state index is 13.8. The monoisotopic (exact) mass is 463 g/mol. The van der Waals surface area contributed by atoms with E-state index in [4.69, 9.17) is 5.26 Å².